The van der Waals surface area contributed by atoms with Gasteiger partial charge in [-0.3, -0.25) is 4.90 Å². The predicted octanol–water partition coefficient (Wildman–Crippen LogP) is 1.54. The van der Waals surface area contributed by atoms with E-state index >= 15 is 0 Å². The first kappa shape index (κ1) is 17.4. The van der Waals surface area contributed by atoms with Crippen LogP contribution in [0.1, 0.15) is 11.5 Å². The van der Waals surface area contributed by atoms with E-state index in [0.717, 1.165) is 12.1 Å². The van der Waals surface area contributed by atoms with E-state index < -0.39 is 11.7 Å². The minimum Gasteiger partial charge on any atom is -0.395 e. The lowest BCUT2D eigenvalue weighted by molar-refractivity contribution is -0.137. The van der Waals surface area contributed by atoms with Gasteiger partial charge in [-0.15, -0.1) is 0 Å². The van der Waals surface area contributed by atoms with Crippen molar-refractivity contribution < 1.29 is 27.9 Å². The van der Waals surface area contributed by atoms with Crippen molar-refractivity contribution in [1.29, 1.82) is 0 Å². The maximum absolute atomic E-state index is 12.5. The topological polar surface area (TPSA) is 82.6 Å². The van der Waals surface area contributed by atoms with Crippen molar-refractivity contribution in [2.45, 2.75) is 12.7 Å². The van der Waals surface area contributed by atoms with Gasteiger partial charge < -0.3 is 14.7 Å². The summed E-state index contributed by atoms with van der Waals surface area (Å²) in [4.78, 5) is 5.83. The Morgan fingerprint density at radius 1 is 1.04 bits per heavy atom. The molecule has 2 rings (SSSR count). The molecule has 2 N–H and O–H groups in total. The van der Waals surface area contributed by atoms with Crippen LogP contribution in [-0.4, -0.2) is 51.6 Å². The standard InChI is InChI=1S/C14H16F3N3O3/c15-14(16,17)11-3-1-10(2-4-11)13-18-12(23-19-13)9-20(5-7-21)6-8-22/h1-4,21-22H,5-9H2. The van der Waals surface area contributed by atoms with Gasteiger partial charge in [0.2, 0.25) is 11.7 Å². The minimum absolute atomic E-state index is 0.0834. The third kappa shape index (κ3) is 4.75. The molecule has 126 valence electrons. The van der Waals surface area contributed by atoms with Crippen LogP contribution in [0.4, 0.5) is 13.2 Å². The van der Waals surface area contributed by atoms with Crippen LogP contribution in [0.25, 0.3) is 11.4 Å². The zero-order valence-corrected chi connectivity index (χ0v) is 12.1. The van der Waals surface area contributed by atoms with E-state index in [-0.39, 0.29) is 31.5 Å². The number of alkyl halides is 3. The normalized spacial score (nSPS) is 12.1. The molecule has 0 radical (unpaired) electrons. The number of halogens is 3. The van der Waals surface area contributed by atoms with Crippen molar-refractivity contribution in [3.63, 3.8) is 0 Å². The molecule has 0 saturated heterocycles. The van der Waals surface area contributed by atoms with E-state index in [1.165, 1.54) is 12.1 Å². The van der Waals surface area contributed by atoms with Crippen LogP contribution in [-0.2, 0) is 12.7 Å². The SMILES string of the molecule is OCCN(CCO)Cc1nc(-c2ccc(C(F)(F)F)cc2)no1. The highest BCUT2D eigenvalue weighted by atomic mass is 19.4. The summed E-state index contributed by atoms with van der Waals surface area (Å²) in [7, 11) is 0. The number of nitrogens with zero attached hydrogens (tertiary/aromatic N) is 3. The van der Waals surface area contributed by atoms with Crippen LogP contribution in [0.15, 0.2) is 28.8 Å². The van der Waals surface area contributed by atoms with Gasteiger partial charge >= 0.3 is 6.18 Å². The Kier molecular flexibility index (Phi) is 5.69. The third-order valence-electron chi connectivity index (χ3n) is 3.13. The molecule has 9 heteroatoms. The van der Waals surface area contributed by atoms with Gasteiger partial charge in [0.25, 0.3) is 0 Å². The van der Waals surface area contributed by atoms with Gasteiger partial charge in [0, 0.05) is 18.7 Å². The fourth-order valence-electron chi connectivity index (χ4n) is 1.99. The monoisotopic (exact) mass is 331 g/mol. The molecule has 6 nitrogen and oxygen atoms in total. The van der Waals surface area contributed by atoms with Crippen LogP contribution in [0, 0.1) is 0 Å². The summed E-state index contributed by atoms with van der Waals surface area (Å²) >= 11 is 0. The molecule has 0 fully saturated rings. The molecular formula is C14H16F3N3O3. The molecule has 0 aliphatic carbocycles. The molecule has 0 amide bonds. The van der Waals surface area contributed by atoms with Crippen molar-refractivity contribution in [2.75, 3.05) is 26.3 Å². The van der Waals surface area contributed by atoms with Gasteiger partial charge in [0.1, 0.15) is 0 Å². The minimum atomic E-state index is -4.39. The summed E-state index contributed by atoms with van der Waals surface area (Å²) in [6, 6.07) is 4.46. The van der Waals surface area contributed by atoms with Crippen molar-refractivity contribution in [2.24, 2.45) is 0 Å². The lowest BCUT2D eigenvalue weighted by Crippen LogP contribution is -2.29. The molecule has 23 heavy (non-hydrogen) atoms. The quantitative estimate of drug-likeness (QED) is 0.801. The van der Waals surface area contributed by atoms with Crippen LogP contribution in [0.5, 0.6) is 0 Å². The molecule has 0 unspecified atom stereocenters. The van der Waals surface area contributed by atoms with Crippen LogP contribution in [0.2, 0.25) is 0 Å². The molecule has 0 atom stereocenters. The van der Waals surface area contributed by atoms with Crippen LogP contribution < -0.4 is 0 Å². The van der Waals surface area contributed by atoms with Gasteiger partial charge in [0.05, 0.1) is 25.3 Å². The molecule has 0 bridgehead atoms. The summed E-state index contributed by atoms with van der Waals surface area (Å²) in [5, 5.41) is 21.6. The second-order valence-electron chi connectivity index (χ2n) is 4.81. The third-order valence-corrected chi connectivity index (χ3v) is 3.13. The Labute approximate surface area is 130 Å². The molecule has 0 spiro atoms. The second kappa shape index (κ2) is 7.53. The number of aromatic nitrogens is 2. The highest BCUT2D eigenvalue weighted by Gasteiger charge is 2.30. The average molecular weight is 331 g/mol. The number of hydrogen-bond acceptors (Lipinski definition) is 6. The van der Waals surface area contributed by atoms with E-state index in [0.29, 0.717) is 18.7 Å². The van der Waals surface area contributed by atoms with Gasteiger partial charge in [0.15, 0.2) is 0 Å². The van der Waals surface area contributed by atoms with Crippen LogP contribution in [0.3, 0.4) is 0 Å². The molecular weight excluding hydrogens is 315 g/mol. The lowest BCUT2D eigenvalue weighted by atomic mass is 10.1. The highest BCUT2D eigenvalue weighted by molar-refractivity contribution is 5.54. The van der Waals surface area contributed by atoms with Crippen molar-refractivity contribution >= 4 is 0 Å². The summed E-state index contributed by atoms with van der Waals surface area (Å²) in [5.74, 6) is 0.434. The molecule has 0 aliphatic rings. The smallest absolute Gasteiger partial charge is 0.395 e. The maximum Gasteiger partial charge on any atom is 0.416 e. The fraction of sp³-hybridized carbons (Fsp3) is 0.429. The molecule has 0 aliphatic heterocycles. The second-order valence-corrected chi connectivity index (χ2v) is 4.81. The summed E-state index contributed by atoms with van der Waals surface area (Å²) in [6.45, 7) is 0.728. The van der Waals surface area contributed by atoms with E-state index in [1.807, 2.05) is 0 Å². The summed E-state index contributed by atoms with van der Waals surface area (Å²) in [6.07, 6.45) is -4.39. The molecule has 0 saturated carbocycles. The number of rotatable bonds is 7. The van der Waals surface area contributed by atoms with Crippen molar-refractivity contribution in [1.82, 2.24) is 15.0 Å². The molecule has 1 aromatic heterocycles. The first-order valence-corrected chi connectivity index (χ1v) is 6.88. The summed E-state index contributed by atoms with van der Waals surface area (Å²) < 4.78 is 42.6. The Morgan fingerprint density at radius 3 is 2.17 bits per heavy atom. The Hall–Kier alpha value is -1.97. The van der Waals surface area contributed by atoms with E-state index in [1.54, 1.807) is 4.90 Å². The first-order chi connectivity index (χ1) is 10.9. The zero-order valence-electron chi connectivity index (χ0n) is 12.1. The van der Waals surface area contributed by atoms with Crippen LogP contribution >= 0.6 is 0 Å². The fourth-order valence-corrected chi connectivity index (χ4v) is 1.99. The molecule has 1 aromatic carbocycles. The number of aliphatic hydroxyl groups excluding tert-OH is 2. The van der Waals surface area contributed by atoms with E-state index in [9.17, 15) is 13.2 Å². The van der Waals surface area contributed by atoms with Gasteiger partial charge in [-0.05, 0) is 12.1 Å². The van der Waals surface area contributed by atoms with Gasteiger partial charge in [-0.25, -0.2) is 0 Å². The van der Waals surface area contributed by atoms with Gasteiger partial charge in [-0.1, -0.05) is 17.3 Å². The van der Waals surface area contributed by atoms with E-state index in [2.05, 4.69) is 10.1 Å². The largest absolute Gasteiger partial charge is 0.416 e. The molecule has 1 heterocycles. The highest BCUT2D eigenvalue weighted by Crippen LogP contribution is 2.30. The summed E-state index contributed by atoms with van der Waals surface area (Å²) in [5.41, 5.74) is -0.342. The number of aliphatic hydroxyl groups is 2. The number of hydrogen-bond donors (Lipinski definition) is 2. The molecule has 2 aromatic rings. The van der Waals surface area contributed by atoms with Crippen molar-refractivity contribution in [3.05, 3.63) is 35.7 Å². The Balaban J connectivity index is 2.09. The zero-order chi connectivity index (χ0) is 16.9. The Bertz CT molecular complexity index is 608. The van der Waals surface area contributed by atoms with Gasteiger partial charge in [-0.2, -0.15) is 18.2 Å². The first-order valence-electron chi connectivity index (χ1n) is 6.88. The van der Waals surface area contributed by atoms with E-state index in [4.69, 9.17) is 14.7 Å². The average Bonchev–Trinajstić information content (AvgIpc) is 2.95. The predicted molar refractivity (Wildman–Crippen MR) is 74.2 cm³/mol. The Morgan fingerprint density at radius 2 is 1.65 bits per heavy atom. The lowest BCUT2D eigenvalue weighted by Gasteiger charge is -2.17. The van der Waals surface area contributed by atoms with Crippen molar-refractivity contribution in [3.8, 4) is 11.4 Å². The maximum atomic E-state index is 12.5. The number of benzene rings is 1.